The van der Waals surface area contributed by atoms with Gasteiger partial charge in [-0.25, -0.2) is 0 Å². The van der Waals surface area contributed by atoms with Gasteiger partial charge in [-0.1, -0.05) is 13.8 Å². The average molecular weight is 228 g/mol. The van der Waals surface area contributed by atoms with Crippen LogP contribution < -0.4 is 5.32 Å². The molecule has 2 heterocycles. The molecule has 15 heavy (non-hydrogen) atoms. The Bertz CT molecular complexity index is 251. The van der Waals surface area contributed by atoms with Gasteiger partial charge in [0.1, 0.15) is 0 Å². The highest BCUT2D eigenvalue weighted by Crippen LogP contribution is 2.31. The Balaban J connectivity index is 1.90. The zero-order chi connectivity index (χ0) is 10.9. The first-order valence-electron chi connectivity index (χ1n) is 5.72. The fraction of sp³-hybridized carbons (Fsp3) is 0.909. The van der Waals surface area contributed by atoms with Gasteiger partial charge in [0, 0.05) is 36.7 Å². The predicted octanol–water partition coefficient (Wildman–Crippen LogP) is 0.950. The zero-order valence-electron chi connectivity index (χ0n) is 9.58. The van der Waals surface area contributed by atoms with Crippen LogP contribution in [0.15, 0.2) is 0 Å². The zero-order valence-corrected chi connectivity index (χ0v) is 10.4. The second-order valence-corrected chi connectivity index (χ2v) is 6.84. The molecule has 2 aliphatic heterocycles. The molecule has 0 aliphatic carbocycles. The van der Waals surface area contributed by atoms with E-state index in [4.69, 9.17) is 0 Å². The van der Waals surface area contributed by atoms with Crippen molar-refractivity contribution in [3.8, 4) is 0 Å². The monoisotopic (exact) mass is 228 g/mol. The molecule has 0 aromatic rings. The van der Waals surface area contributed by atoms with E-state index < -0.39 is 0 Å². The molecule has 2 saturated heterocycles. The molecule has 2 rings (SSSR count). The van der Waals surface area contributed by atoms with Crippen LogP contribution in [-0.2, 0) is 4.79 Å². The highest BCUT2D eigenvalue weighted by molar-refractivity contribution is 8.00. The van der Waals surface area contributed by atoms with Crippen LogP contribution in [0, 0.1) is 5.92 Å². The summed E-state index contributed by atoms with van der Waals surface area (Å²) in [7, 11) is 0. The van der Waals surface area contributed by atoms with E-state index >= 15 is 0 Å². The van der Waals surface area contributed by atoms with Gasteiger partial charge >= 0.3 is 0 Å². The molecule has 0 bridgehead atoms. The summed E-state index contributed by atoms with van der Waals surface area (Å²) in [6.45, 7) is 8.18. The Morgan fingerprint density at radius 2 is 2.13 bits per heavy atom. The van der Waals surface area contributed by atoms with Crippen LogP contribution in [0.1, 0.15) is 20.3 Å². The largest absolute Gasteiger partial charge is 0.341 e. The first-order valence-corrected chi connectivity index (χ1v) is 6.70. The third kappa shape index (κ3) is 2.67. The molecule has 0 spiro atoms. The third-order valence-corrected chi connectivity index (χ3v) is 4.65. The van der Waals surface area contributed by atoms with Gasteiger partial charge in [0.25, 0.3) is 0 Å². The molecule has 3 nitrogen and oxygen atoms in total. The minimum Gasteiger partial charge on any atom is -0.341 e. The summed E-state index contributed by atoms with van der Waals surface area (Å²) in [4.78, 5) is 14.1. The first-order chi connectivity index (χ1) is 7.08. The quantitative estimate of drug-likeness (QED) is 0.725. The van der Waals surface area contributed by atoms with E-state index in [1.165, 1.54) is 0 Å². The van der Waals surface area contributed by atoms with Gasteiger partial charge in [0.05, 0.1) is 5.92 Å². The molecule has 4 heteroatoms. The van der Waals surface area contributed by atoms with Gasteiger partial charge in [0.15, 0.2) is 0 Å². The number of carbonyl (C=O) groups excluding carboxylic acids is 1. The molecule has 1 amide bonds. The molecule has 0 atom stereocenters. The van der Waals surface area contributed by atoms with Crippen molar-refractivity contribution in [3.63, 3.8) is 0 Å². The van der Waals surface area contributed by atoms with Crippen molar-refractivity contribution in [3.05, 3.63) is 0 Å². The summed E-state index contributed by atoms with van der Waals surface area (Å²) < 4.78 is 0.340. The molecule has 2 aliphatic rings. The van der Waals surface area contributed by atoms with Gasteiger partial charge in [-0.3, -0.25) is 4.79 Å². The van der Waals surface area contributed by atoms with Crippen molar-refractivity contribution in [1.82, 2.24) is 10.2 Å². The van der Waals surface area contributed by atoms with Crippen LogP contribution >= 0.6 is 11.8 Å². The van der Waals surface area contributed by atoms with Crippen LogP contribution in [0.25, 0.3) is 0 Å². The topological polar surface area (TPSA) is 32.3 Å². The lowest BCUT2D eigenvalue weighted by Gasteiger charge is -2.32. The molecule has 0 saturated carbocycles. The fourth-order valence-corrected chi connectivity index (χ4v) is 3.06. The summed E-state index contributed by atoms with van der Waals surface area (Å²) in [5.41, 5.74) is 0. The molecule has 0 radical (unpaired) electrons. The van der Waals surface area contributed by atoms with Crippen molar-refractivity contribution in [2.24, 2.45) is 5.92 Å². The summed E-state index contributed by atoms with van der Waals surface area (Å²) >= 11 is 1.99. The van der Waals surface area contributed by atoms with Crippen LogP contribution in [0.4, 0.5) is 0 Å². The SMILES string of the molecule is CC1(C)CCN(C(=O)C2CNC2)CCS1. The molecular formula is C11H20N2OS. The predicted molar refractivity (Wildman–Crippen MR) is 64.1 cm³/mol. The van der Waals surface area contributed by atoms with Crippen LogP contribution in [0.5, 0.6) is 0 Å². The molecule has 2 fully saturated rings. The minimum atomic E-state index is 0.260. The van der Waals surface area contributed by atoms with Gasteiger partial charge in [-0.2, -0.15) is 11.8 Å². The molecule has 0 unspecified atom stereocenters. The minimum absolute atomic E-state index is 0.260. The number of nitrogens with zero attached hydrogens (tertiary/aromatic N) is 1. The summed E-state index contributed by atoms with van der Waals surface area (Å²) in [6, 6.07) is 0. The summed E-state index contributed by atoms with van der Waals surface area (Å²) in [5.74, 6) is 1.71. The standard InChI is InChI=1S/C11H20N2OS/c1-11(2)3-4-13(5-6-15-11)10(14)9-7-12-8-9/h9,12H,3-8H2,1-2H3. The number of nitrogens with one attached hydrogen (secondary N) is 1. The highest BCUT2D eigenvalue weighted by atomic mass is 32.2. The second-order valence-electron chi connectivity index (χ2n) is 5.04. The average Bonchev–Trinajstić information content (AvgIpc) is 2.23. The van der Waals surface area contributed by atoms with Crippen molar-refractivity contribution in [2.75, 3.05) is 31.9 Å². The number of hydrogen-bond donors (Lipinski definition) is 1. The lowest BCUT2D eigenvalue weighted by molar-refractivity contribution is -0.136. The van der Waals surface area contributed by atoms with E-state index in [9.17, 15) is 4.79 Å². The van der Waals surface area contributed by atoms with Crippen LogP contribution in [-0.4, -0.2) is 47.5 Å². The van der Waals surface area contributed by atoms with Crippen LogP contribution in [0.3, 0.4) is 0 Å². The maximum Gasteiger partial charge on any atom is 0.228 e. The third-order valence-electron chi connectivity index (χ3n) is 3.28. The van der Waals surface area contributed by atoms with E-state index in [0.29, 0.717) is 10.7 Å². The van der Waals surface area contributed by atoms with Gasteiger partial charge in [-0.05, 0) is 6.42 Å². The van der Waals surface area contributed by atoms with Crippen molar-refractivity contribution < 1.29 is 4.79 Å². The normalized spacial score (nSPS) is 26.9. The molecular weight excluding hydrogens is 208 g/mol. The Hall–Kier alpha value is -0.220. The molecule has 1 N–H and O–H groups in total. The molecule has 86 valence electrons. The molecule has 0 aromatic carbocycles. The van der Waals surface area contributed by atoms with E-state index in [2.05, 4.69) is 24.1 Å². The van der Waals surface area contributed by atoms with Gasteiger partial charge in [0.2, 0.25) is 5.91 Å². The lowest BCUT2D eigenvalue weighted by atomic mass is 10.0. The number of carbonyl (C=O) groups is 1. The number of rotatable bonds is 1. The summed E-state index contributed by atoms with van der Waals surface area (Å²) in [5, 5.41) is 3.16. The Morgan fingerprint density at radius 1 is 1.40 bits per heavy atom. The lowest BCUT2D eigenvalue weighted by Crippen LogP contribution is -2.52. The second kappa shape index (κ2) is 4.34. The Morgan fingerprint density at radius 3 is 2.73 bits per heavy atom. The smallest absolute Gasteiger partial charge is 0.228 e. The van der Waals surface area contributed by atoms with Gasteiger partial charge in [-0.15, -0.1) is 0 Å². The number of hydrogen-bond acceptors (Lipinski definition) is 3. The van der Waals surface area contributed by atoms with Crippen molar-refractivity contribution in [2.45, 2.75) is 25.0 Å². The van der Waals surface area contributed by atoms with E-state index in [1.54, 1.807) is 0 Å². The highest BCUT2D eigenvalue weighted by Gasteiger charge is 2.32. The van der Waals surface area contributed by atoms with Crippen LogP contribution in [0.2, 0.25) is 0 Å². The van der Waals surface area contributed by atoms with Crippen molar-refractivity contribution >= 4 is 17.7 Å². The maximum absolute atomic E-state index is 12.0. The van der Waals surface area contributed by atoms with Crippen molar-refractivity contribution in [1.29, 1.82) is 0 Å². The maximum atomic E-state index is 12.0. The Kier molecular flexibility index (Phi) is 3.26. The fourth-order valence-electron chi connectivity index (χ4n) is 1.96. The van der Waals surface area contributed by atoms with E-state index in [0.717, 1.165) is 38.4 Å². The number of thioether (sulfide) groups is 1. The number of amides is 1. The van der Waals surface area contributed by atoms with Gasteiger partial charge < -0.3 is 10.2 Å². The Labute approximate surface area is 96.0 Å². The van der Waals surface area contributed by atoms with E-state index in [1.807, 2.05) is 11.8 Å². The first kappa shape index (κ1) is 11.3. The molecule has 0 aromatic heterocycles. The summed E-state index contributed by atoms with van der Waals surface area (Å²) in [6.07, 6.45) is 1.11. The van der Waals surface area contributed by atoms with E-state index in [-0.39, 0.29) is 5.92 Å².